The summed E-state index contributed by atoms with van der Waals surface area (Å²) in [5.74, 6) is 0.740. The molecule has 2 heterocycles. The highest BCUT2D eigenvalue weighted by Crippen LogP contribution is 2.24. The van der Waals surface area contributed by atoms with Crippen molar-refractivity contribution in [2.75, 3.05) is 7.11 Å². The number of nitrogens with zero attached hydrogens (tertiary/aromatic N) is 2. The Hall–Kier alpha value is -2.67. The van der Waals surface area contributed by atoms with Gasteiger partial charge in [-0.15, -0.1) is 11.3 Å². The summed E-state index contributed by atoms with van der Waals surface area (Å²) >= 11 is 1.41. The zero-order valence-corrected chi connectivity index (χ0v) is 15.7. The Balaban J connectivity index is 1.77. The number of benzene rings is 1. The first-order valence-electron chi connectivity index (χ1n) is 8.35. The molecule has 1 N–H and O–H groups in total. The van der Waals surface area contributed by atoms with Crippen LogP contribution in [0, 0.1) is 5.92 Å². The number of hydrogen-bond donors (Lipinski definition) is 1. The predicted octanol–water partition coefficient (Wildman–Crippen LogP) is 2.98. The molecule has 1 amide bonds. The van der Waals surface area contributed by atoms with Crippen LogP contribution in [0.4, 0.5) is 0 Å². The van der Waals surface area contributed by atoms with Gasteiger partial charge in [-0.2, -0.15) is 0 Å². The first kappa shape index (κ1) is 18.1. The fourth-order valence-electron chi connectivity index (χ4n) is 2.83. The van der Waals surface area contributed by atoms with Gasteiger partial charge in [0.2, 0.25) is 5.91 Å². The summed E-state index contributed by atoms with van der Waals surface area (Å²) in [5, 5.41) is 5.39. The monoisotopic (exact) mass is 371 g/mol. The van der Waals surface area contributed by atoms with Crippen molar-refractivity contribution in [3.05, 3.63) is 58.0 Å². The lowest BCUT2D eigenvalue weighted by molar-refractivity contribution is -0.122. The van der Waals surface area contributed by atoms with Crippen LogP contribution in [0.3, 0.4) is 0 Å². The minimum atomic E-state index is -0.224. The fraction of sp³-hybridized carbons (Fsp3) is 0.316. The predicted molar refractivity (Wildman–Crippen MR) is 103 cm³/mol. The van der Waals surface area contributed by atoms with Gasteiger partial charge in [0.15, 0.2) is 0 Å². The lowest BCUT2D eigenvalue weighted by Crippen LogP contribution is -2.36. The minimum absolute atomic E-state index is 0.0585. The van der Waals surface area contributed by atoms with Gasteiger partial charge in [-0.1, -0.05) is 26.0 Å². The van der Waals surface area contributed by atoms with E-state index in [1.807, 2.05) is 43.5 Å². The number of hydrogen-bond acceptors (Lipinski definition) is 5. The Bertz CT molecular complexity index is 960. The molecular weight excluding hydrogens is 350 g/mol. The van der Waals surface area contributed by atoms with E-state index in [2.05, 4.69) is 10.3 Å². The van der Waals surface area contributed by atoms with E-state index in [9.17, 15) is 9.59 Å². The van der Waals surface area contributed by atoms with E-state index in [-0.39, 0.29) is 30.0 Å². The van der Waals surface area contributed by atoms with Crippen molar-refractivity contribution in [3.8, 4) is 5.75 Å². The standard InChI is InChI=1S/C19H21N3O3S/c1-12(2)17(13-4-6-14(25-3)7-5-13)21-16(23)10-22-11-20-18-15(19(22)24)8-9-26-18/h4-9,11-12,17H,10H2,1-3H3,(H,21,23)/t17-/m0/s1. The van der Waals surface area contributed by atoms with Crippen molar-refractivity contribution in [1.29, 1.82) is 0 Å². The Kier molecular flexibility index (Phi) is 5.37. The lowest BCUT2D eigenvalue weighted by Gasteiger charge is -2.23. The molecule has 2 aromatic heterocycles. The molecule has 0 radical (unpaired) electrons. The average Bonchev–Trinajstić information content (AvgIpc) is 3.11. The molecule has 0 bridgehead atoms. The lowest BCUT2D eigenvalue weighted by atomic mass is 9.96. The van der Waals surface area contributed by atoms with Crippen molar-refractivity contribution in [2.24, 2.45) is 5.92 Å². The van der Waals surface area contributed by atoms with Crippen LogP contribution in [-0.4, -0.2) is 22.6 Å². The molecule has 0 unspecified atom stereocenters. The Labute approximate surface area is 155 Å². The Morgan fingerprint density at radius 1 is 1.27 bits per heavy atom. The van der Waals surface area contributed by atoms with Crippen molar-refractivity contribution in [3.63, 3.8) is 0 Å². The highest BCUT2D eigenvalue weighted by Gasteiger charge is 2.19. The van der Waals surface area contributed by atoms with E-state index in [1.165, 1.54) is 22.2 Å². The second kappa shape index (κ2) is 7.70. The molecule has 3 rings (SSSR count). The van der Waals surface area contributed by atoms with Crippen LogP contribution in [0.2, 0.25) is 0 Å². The highest BCUT2D eigenvalue weighted by molar-refractivity contribution is 7.16. The molecule has 0 fully saturated rings. The molecule has 0 saturated heterocycles. The summed E-state index contributed by atoms with van der Waals surface area (Å²) < 4.78 is 6.52. The van der Waals surface area contributed by atoms with E-state index >= 15 is 0 Å². The van der Waals surface area contributed by atoms with Gasteiger partial charge in [-0.3, -0.25) is 14.2 Å². The van der Waals surface area contributed by atoms with Gasteiger partial charge in [0, 0.05) is 0 Å². The second-order valence-corrected chi connectivity index (χ2v) is 7.27. The number of amides is 1. The highest BCUT2D eigenvalue weighted by atomic mass is 32.1. The maximum absolute atomic E-state index is 12.5. The van der Waals surface area contributed by atoms with E-state index in [4.69, 9.17) is 4.74 Å². The topological polar surface area (TPSA) is 73.2 Å². The summed E-state index contributed by atoms with van der Waals surface area (Å²) in [6.07, 6.45) is 1.43. The van der Waals surface area contributed by atoms with Gasteiger partial charge in [-0.25, -0.2) is 4.98 Å². The maximum atomic E-state index is 12.5. The molecule has 0 spiro atoms. The normalized spacial score (nSPS) is 12.3. The number of methoxy groups -OCH3 is 1. The molecule has 26 heavy (non-hydrogen) atoms. The van der Waals surface area contributed by atoms with Crippen molar-refractivity contribution in [1.82, 2.24) is 14.9 Å². The molecule has 0 aliphatic heterocycles. The molecule has 3 aromatic rings. The molecule has 0 aliphatic rings. The SMILES string of the molecule is COc1ccc([C@@H](NC(=O)Cn2cnc3sccc3c2=O)C(C)C)cc1. The molecule has 7 heteroatoms. The zero-order chi connectivity index (χ0) is 18.7. The average molecular weight is 371 g/mol. The summed E-state index contributed by atoms with van der Waals surface area (Å²) in [6, 6.07) is 9.20. The van der Waals surface area contributed by atoms with E-state index in [0.717, 1.165) is 11.3 Å². The number of carbonyl (C=O) groups is 1. The number of carbonyl (C=O) groups excluding carboxylic acids is 1. The van der Waals surface area contributed by atoms with E-state index in [1.54, 1.807) is 13.2 Å². The van der Waals surface area contributed by atoms with Crippen LogP contribution in [0.15, 0.2) is 46.8 Å². The van der Waals surface area contributed by atoms with Crippen LogP contribution in [0.25, 0.3) is 10.2 Å². The fourth-order valence-corrected chi connectivity index (χ4v) is 3.55. The van der Waals surface area contributed by atoms with Gasteiger partial charge >= 0.3 is 0 Å². The van der Waals surface area contributed by atoms with E-state index < -0.39 is 0 Å². The number of fused-ring (bicyclic) bond motifs is 1. The van der Waals surface area contributed by atoms with Gasteiger partial charge in [0.1, 0.15) is 17.1 Å². The summed E-state index contributed by atoms with van der Waals surface area (Å²) in [4.78, 5) is 29.9. The molecule has 1 atom stereocenters. The first-order chi connectivity index (χ1) is 12.5. The Morgan fingerprint density at radius 2 is 2.00 bits per heavy atom. The van der Waals surface area contributed by atoms with Crippen molar-refractivity contribution < 1.29 is 9.53 Å². The number of rotatable bonds is 6. The van der Waals surface area contributed by atoms with Gasteiger partial charge < -0.3 is 10.1 Å². The third kappa shape index (κ3) is 3.77. The Morgan fingerprint density at radius 3 is 2.65 bits per heavy atom. The number of nitrogens with one attached hydrogen (secondary N) is 1. The molecule has 1 aromatic carbocycles. The third-order valence-electron chi connectivity index (χ3n) is 4.22. The second-order valence-electron chi connectivity index (χ2n) is 6.38. The first-order valence-corrected chi connectivity index (χ1v) is 9.23. The summed E-state index contributed by atoms with van der Waals surface area (Å²) in [6.45, 7) is 4.03. The molecular formula is C19H21N3O3S. The van der Waals surface area contributed by atoms with Gasteiger partial charge in [-0.05, 0) is 35.1 Å². The minimum Gasteiger partial charge on any atom is -0.497 e. The quantitative estimate of drug-likeness (QED) is 0.723. The maximum Gasteiger partial charge on any atom is 0.262 e. The molecule has 6 nitrogen and oxygen atoms in total. The number of aromatic nitrogens is 2. The van der Waals surface area contributed by atoms with Crippen LogP contribution >= 0.6 is 11.3 Å². The summed E-state index contributed by atoms with van der Waals surface area (Å²) in [5.41, 5.74) is 0.796. The van der Waals surface area contributed by atoms with Crippen LogP contribution in [-0.2, 0) is 11.3 Å². The van der Waals surface area contributed by atoms with Crippen LogP contribution in [0.1, 0.15) is 25.5 Å². The van der Waals surface area contributed by atoms with Crippen molar-refractivity contribution >= 4 is 27.5 Å². The zero-order valence-electron chi connectivity index (χ0n) is 14.9. The molecule has 0 saturated carbocycles. The molecule has 136 valence electrons. The number of thiophene rings is 1. The third-order valence-corrected chi connectivity index (χ3v) is 5.04. The molecule has 0 aliphatic carbocycles. The number of ether oxygens (including phenoxy) is 1. The van der Waals surface area contributed by atoms with Crippen molar-refractivity contribution in [2.45, 2.75) is 26.4 Å². The largest absolute Gasteiger partial charge is 0.497 e. The van der Waals surface area contributed by atoms with Gasteiger partial charge in [0.25, 0.3) is 5.56 Å². The van der Waals surface area contributed by atoms with Crippen LogP contribution in [0.5, 0.6) is 5.75 Å². The van der Waals surface area contributed by atoms with Crippen LogP contribution < -0.4 is 15.6 Å². The van der Waals surface area contributed by atoms with Gasteiger partial charge in [0.05, 0.1) is 24.9 Å². The van der Waals surface area contributed by atoms with E-state index in [0.29, 0.717) is 10.2 Å². The smallest absolute Gasteiger partial charge is 0.262 e. The summed E-state index contributed by atoms with van der Waals surface area (Å²) in [7, 11) is 1.62.